The highest BCUT2D eigenvalue weighted by molar-refractivity contribution is 5.98. The average Bonchev–Trinajstić information content (AvgIpc) is 3.45. The minimum absolute atomic E-state index is 0.0195. The van der Waals surface area contributed by atoms with Crippen LogP contribution in [-0.2, 0) is 28.5 Å². The lowest BCUT2D eigenvalue weighted by Gasteiger charge is -2.66. The van der Waals surface area contributed by atoms with Gasteiger partial charge >= 0.3 is 5.97 Å². The van der Waals surface area contributed by atoms with Crippen LogP contribution in [0, 0.1) is 28.6 Å². The van der Waals surface area contributed by atoms with Crippen molar-refractivity contribution in [3.05, 3.63) is 12.2 Å². The van der Waals surface area contributed by atoms with Gasteiger partial charge in [-0.2, -0.15) is 0 Å². The maximum atomic E-state index is 13.5. The van der Waals surface area contributed by atoms with E-state index in [0.29, 0.717) is 44.9 Å². The molecule has 3 saturated carbocycles. The molecule has 196 valence electrons. The number of rotatable bonds is 1. The molecule has 0 aromatic heterocycles. The largest absolute Gasteiger partial charge is 0.461 e. The molecule has 0 amide bonds. The molecule has 9 aliphatic rings. The topological polar surface area (TPSA) is 115 Å². The molecule has 13 atom stereocenters. The van der Waals surface area contributed by atoms with Gasteiger partial charge in [-0.25, -0.2) is 0 Å². The standard InChI is InChI=1S/C28H36O8/c1-22-12-15(16(33-21(22)30)13-24(22,3)32)28-11-10-26(36-28)18-14(7-9-23(26,2)31)25(4)17(29)6-5-8-27(25)20(35-27)19(18)34-28/h5-6,14-16,18-20,31-32H,7-13H2,1-4H3/t14-,15+,16+,18+,19+,20+,22-,23+,24+,25-,26+,27+,28+/m0/s1. The number of fused-ring (bicyclic) bond motifs is 7. The number of ketones is 1. The predicted molar refractivity (Wildman–Crippen MR) is 123 cm³/mol. The van der Waals surface area contributed by atoms with E-state index >= 15 is 0 Å². The van der Waals surface area contributed by atoms with Crippen molar-refractivity contribution in [2.75, 3.05) is 0 Å². The molecule has 4 bridgehead atoms. The van der Waals surface area contributed by atoms with Crippen LogP contribution in [0.25, 0.3) is 0 Å². The quantitative estimate of drug-likeness (QED) is 0.416. The van der Waals surface area contributed by atoms with Gasteiger partial charge in [0.1, 0.15) is 23.4 Å². The minimum atomic E-state index is -1.17. The number of carbonyl (C=O) groups excluding carboxylic acids is 2. The number of ether oxygens (including phenoxy) is 4. The summed E-state index contributed by atoms with van der Waals surface area (Å²) in [5, 5.41) is 23.1. The first-order valence-corrected chi connectivity index (χ1v) is 13.7. The third kappa shape index (κ3) is 2.08. The van der Waals surface area contributed by atoms with Crippen molar-refractivity contribution in [1.29, 1.82) is 0 Å². The lowest BCUT2D eigenvalue weighted by atomic mass is 9.44. The van der Waals surface area contributed by atoms with Gasteiger partial charge in [-0.3, -0.25) is 9.59 Å². The van der Waals surface area contributed by atoms with Gasteiger partial charge < -0.3 is 29.2 Å². The van der Waals surface area contributed by atoms with Crippen LogP contribution in [0.5, 0.6) is 0 Å². The van der Waals surface area contributed by atoms with Gasteiger partial charge in [-0.05, 0) is 71.8 Å². The summed E-state index contributed by atoms with van der Waals surface area (Å²) >= 11 is 0. The van der Waals surface area contributed by atoms with Crippen molar-refractivity contribution in [3.63, 3.8) is 0 Å². The number of carbonyl (C=O) groups is 2. The zero-order chi connectivity index (χ0) is 25.3. The number of hydrogen-bond acceptors (Lipinski definition) is 8. The fourth-order valence-corrected chi connectivity index (χ4v) is 10.2. The first-order chi connectivity index (χ1) is 16.8. The van der Waals surface area contributed by atoms with Gasteiger partial charge in [0.25, 0.3) is 0 Å². The van der Waals surface area contributed by atoms with Crippen LogP contribution in [0.4, 0.5) is 0 Å². The average molecular weight is 501 g/mol. The second-order valence-corrected chi connectivity index (χ2v) is 14.0. The number of allylic oxidation sites excluding steroid dienone is 1. The predicted octanol–water partition coefficient (Wildman–Crippen LogP) is 2.19. The highest BCUT2D eigenvalue weighted by atomic mass is 16.8. The molecule has 5 heterocycles. The first kappa shape index (κ1) is 22.6. The minimum Gasteiger partial charge on any atom is -0.461 e. The second-order valence-electron chi connectivity index (χ2n) is 14.0. The lowest BCUT2D eigenvalue weighted by Crippen LogP contribution is -2.77. The van der Waals surface area contributed by atoms with Gasteiger partial charge in [-0.1, -0.05) is 6.08 Å². The Hall–Kier alpha value is -1.32. The van der Waals surface area contributed by atoms with Crippen LogP contribution >= 0.6 is 0 Å². The summed E-state index contributed by atoms with van der Waals surface area (Å²) in [5.74, 6) is -1.74. The second kappa shape index (κ2) is 5.96. The maximum Gasteiger partial charge on any atom is 0.315 e. The maximum absolute atomic E-state index is 13.5. The van der Waals surface area contributed by atoms with Crippen molar-refractivity contribution < 1.29 is 38.7 Å². The van der Waals surface area contributed by atoms with E-state index in [-0.39, 0.29) is 41.7 Å². The molecular weight excluding hydrogens is 464 g/mol. The molecule has 2 spiro atoms. The van der Waals surface area contributed by atoms with E-state index in [1.807, 2.05) is 13.0 Å². The molecule has 8 fully saturated rings. The third-order valence-electron chi connectivity index (χ3n) is 12.7. The van der Waals surface area contributed by atoms with E-state index in [0.717, 1.165) is 0 Å². The first-order valence-electron chi connectivity index (χ1n) is 13.7. The van der Waals surface area contributed by atoms with Crippen molar-refractivity contribution in [1.82, 2.24) is 0 Å². The van der Waals surface area contributed by atoms with Crippen LogP contribution in [0.2, 0.25) is 0 Å². The molecule has 8 heteroatoms. The summed E-state index contributed by atoms with van der Waals surface area (Å²) < 4.78 is 26.5. The number of hydrogen-bond donors (Lipinski definition) is 2. The van der Waals surface area contributed by atoms with Gasteiger partial charge in [0.05, 0.1) is 34.1 Å². The van der Waals surface area contributed by atoms with Crippen LogP contribution in [0.15, 0.2) is 12.2 Å². The summed E-state index contributed by atoms with van der Waals surface area (Å²) in [7, 11) is 0. The van der Waals surface area contributed by atoms with E-state index in [4.69, 9.17) is 18.9 Å². The fourth-order valence-electron chi connectivity index (χ4n) is 10.2. The molecule has 0 unspecified atom stereocenters. The van der Waals surface area contributed by atoms with Crippen molar-refractivity contribution in [2.45, 2.75) is 119 Å². The fraction of sp³-hybridized carbons (Fsp3) is 0.857. The molecule has 9 rings (SSSR count). The summed E-state index contributed by atoms with van der Waals surface area (Å²) in [6.45, 7) is 7.44. The Morgan fingerprint density at radius 2 is 1.69 bits per heavy atom. The highest BCUT2D eigenvalue weighted by Gasteiger charge is 2.86. The van der Waals surface area contributed by atoms with Crippen molar-refractivity contribution in [3.8, 4) is 0 Å². The molecule has 8 nitrogen and oxygen atoms in total. The zero-order valence-electron chi connectivity index (χ0n) is 21.4. The Morgan fingerprint density at radius 1 is 0.917 bits per heavy atom. The van der Waals surface area contributed by atoms with E-state index in [1.165, 1.54) is 0 Å². The van der Waals surface area contributed by atoms with Gasteiger partial charge in [-0.15, -0.1) is 0 Å². The molecule has 36 heavy (non-hydrogen) atoms. The Bertz CT molecular complexity index is 1140. The van der Waals surface area contributed by atoms with E-state index in [1.54, 1.807) is 19.9 Å². The van der Waals surface area contributed by atoms with Gasteiger partial charge in [0.2, 0.25) is 0 Å². The Balaban J connectivity index is 1.26. The van der Waals surface area contributed by atoms with Crippen LogP contribution in [0.1, 0.15) is 72.6 Å². The molecular formula is C28H36O8. The number of epoxide rings is 1. The van der Waals surface area contributed by atoms with Gasteiger partial charge in [0, 0.05) is 18.8 Å². The molecule has 5 aliphatic heterocycles. The molecule has 2 N–H and O–H groups in total. The summed E-state index contributed by atoms with van der Waals surface area (Å²) in [4.78, 5) is 26.3. The Morgan fingerprint density at radius 3 is 2.44 bits per heavy atom. The van der Waals surface area contributed by atoms with E-state index < -0.39 is 45.1 Å². The summed E-state index contributed by atoms with van der Waals surface area (Å²) in [5.41, 5.74) is -5.41. The van der Waals surface area contributed by atoms with Gasteiger partial charge in [0.15, 0.2) is 11.6 Å². The number of aliphatic hydroxyl groups is 2. The summed E-state index contributed by atoms with van der Waals surface area (Å²) in [6.07, 6.45) is 6.44. The van der Waals surface area contributed by atoms with Crippen LogP contribution in [0.3, 0.4) is 0 Å². The number of esters is 1. The van der Waals surface area contributed by atoms with E-state index in [2.05, 4.69) is 6.92 Å². The highest BCUT2D eigenvalue weighted by Crippen LogP contribution is 2.76. The zero-order valence-corrected chi connectivity index (χ0v) is 21.4. The molecule has 0 aromatic rings. The SMILES string of the molecule is C[C@@]12C[C@@H]([C@@]34CC[C@@]5(O3)[C@H]3[C@@H](O4)[C@H]4O[C@]46CC=CC(=O)[C@]6(C)[C@H]3CC[C@@]5(C)O)[C@@H](C[C@@]1(C)O)OC2=O. The van der Waals surface area contributed by atoms with Crippen molar-refractivity contribution in [2.24, 2.45) is 28.6 Å². The molecule has 0 radical (unpaired) electrons. The Kier molecular flexibility index (Phi) is 3.75. The van der Waals surface area contributed by atoms with Crippen LogP contribution < -0.4 is 0 Å². The Labute approximate surface area is 210 Å². The monoisotopic (exact) mass is 500 g/mol. The third-order valence-corrected chi connectivity index (χ3v) is 12.7. The normalized spacial score (nSPS) is 65.9. The molecule has 0 aromatic carbocycles. The molecule has 4 aliphatic carbocycles. The van der Waals surface area contributed by atoms with E-state index in [9.17, 15) is 19.8 Å². The van der Waals surface area contributed by atoms with Crippen molar-refractivity contribution >= 4 is 11.8 Å². The summed E-state index contributed by atoms with van der Waals surface area (Å²) in [6, 6.07) is 0. The lowest BCUT2D eigenvalue weighted by molar-refractivity contribution is -0.418. The smallest absolute Gasteiger partial charge is 0.315 e. The molecule has 5 saturated heterocycles. The van der Waals surface area contributed by atoms with Crippen LogP contribution in [-0.4, -0.2) is 68.5 Å².